The van der Waals surface area contributed by atoms with E-state index in [4.69, 9.17) is 0 Å². The number of anilines is 1. The lowest BCUT2D eigenvalue weighted by molar-refractivity contribution is 0.795. The first-order chi connectivity index (χ1) is 16.7. The fourth-order valence-corrected chi connectivity index (χ4v) is 6.47. The molecule has 34 heavy (non-hydrogen) atoms. The Bertz CT molecular complexity index is 1530. The number of para-hydroxylation sites is 1. The zero-order valence-corrected chi connectivity index (χ0v) is 19.4. The molecule has 0 aromatic heterocycles. The second kappa shape index (κ2) is 6.95. The van der Waals surface area contributed by atoms with Gasteiger partial charge >= 0.3 is 0 Å². The highest BCUT2D eigenvalue weighted by molar-refractivity contribution is 5.99. The predicted octanol–water partition coefficient (Wildman–Crippen LogP) is 7.76. The Morgan fingerprint density at radius 2 is 0.794 bits per heavy atom. The van der Waals surface area contributed by atoms with Crippen molar-refractivity contribution in [3.63, 3.8) is 0 Å². The minimum atomic E-state index is -0.324. The van der Waals surface area contributed by atoms with Gasteiger partial charge in [-0.25, -0.2) is 0 Å². The average molecular weight is 436 g/mol. The van der Waals surface area contributed by atoms with E-state index in [2.05, 4.69) is 134 Å². The highest BCUT2D eigenvalue weighted by Gasteiger charge is 2.52. The molecule has 0 heterocycles. The zero-order valence-electron chi connectivity index (χ0n) is 19.4. The Balaban J connectivity index is 1.69. The second-order valence-electron chi connectivity index (χ2n) is 9.53. The molecule has 0 bridgehead atoms. The van der Waals surface area contributed by atoms with Crippen LogP contribution in [-0.2, 0) is 5.41 Å². The van der Waals surface area contributed by atoms with Crippen LogP contribution in [-0.4, -0.2) is 14.1 Å². The third-order valence-electron chi connectivity index (χ3n) is 7.69. The minimum Gasteiger partial charge on any atom is -0.377 e. The zero-order chi connectivity index (χ0) is 22.9. The van der Waals surface area contributed by atoms with Gasteiger partial charge in [0.25, 0.3) is 0 Å². The van der Waals surface area contributed by atoms with Crippen LogP contribution in [0.15, 0.2) is 115 Å². The van der Waals surface area contributed by atoms with E-state index in [0.29, 0.717) is 0 Å². The normalized spacial score (nSPS) is 13.8. The number of hydrogen-bond acceptors (Lipinski definition) is 1. The standard InChI is InChI=1S/C33H25N/c1-34(2)31-21-10-6-15-25(31)27-17-11-16-26-24-14-5-9-20-30(24)33(32(26)27)28-18-7-3-12-22(28)23-13-4-8-19-29(23)33/h3-21H,1-2H3. The van der Waals surface area contributed by atoms with Crippen LogP contribution in [0.2, 0.25) is 0 Å². The summed E-state index contributed by atoms with van der Waals surface area (Å²) in [5.41, 5.74) is 14.4. The first-order valence-electron chi connectivity index (χ1n) is 11.9. The van der Waals surface area contributed by atoms with E-state index >= 15 is 0 Å². The summed E-state index contributed by atoms with van der Waals surface area (Å²) >= 11 is 0. The van der Waals surface area contributed by atoms with Gasteiger partial charge in [-0.05, 0) is 56.1 Å². The molecule has 0 N–H and O–H groups in total. The van der Waals surface area contributed by atoms with Crippen molar-refractivity contribution in [2.75, 3.05) is 19.0 Å². The SMILES string of the molecule is CN(C)c1ccccc1-c1cccc2c1C1(c3ccccc3-c3ccccc31)c1ccccc1-2. The molecule has 1 spiro atoms. The van der Waals surface area contributed by atoms with Crippen LogP contribution in [0.4, 0.5) is 5.69 Å². The lowest BCUT2D eigenvalue weighted by Crippen LogP contribution is -2.26. The van der Waals surface area contributed by atoms with Crippen LogP contribution in [0, 0.1) is 0 Å². The summed E-state index contributed by atoms with van der Waals surface area (Å²) in [4.78, 5) is 2.22. The molecule has 1 nitrogen and oxygen atoms in total. The summed E-state index contributed by atoms with van der Waals surface area (Å²) in [7, 11) is 4.26. The molecule has 0 unspecified atom stereocenters. The maximum Gasteiger partial charge on any atom is 0.0731 e. The third kappa shape index (κ3) is 2.29. The Labute approximate surface area is 201 Å². The lowest BCUT2D eigenvalue weighted by atomic mass is 9.68. The Kier molecular flexibility index (Phi) is 3.96. The third-order valence-corrected chi connectivity index (χ3v) is 7.69. The van der Waals surface area contributed by atoms with Gasteiger partial charge in [-0.3, -0.25) is 0 Å². The fraction of sp³-hybridized carbons (Fsp3) is 0.0909. The van der Waals surface area contributed by atoms with Crippen LogP contribution in [0.5, 0.6) is 0 Å². The van der Waals surface area contributed by atoms with Gasteiger partial charge in [0.1, 0.15) is 0 Å². The minimum absolute atomic E-state index is 0.324. The highest BCUT2D eigenvalue weighted by Crippen LogP contribution is 2.64. The monoisotopic (exact) mass is 435 g/mol. The lowest BCUT2D eigenvalue weighted by Gasteiger charge is -2.32. The number of fused-ring (bicyclic) bond motifs is 10. The molecule has 5 aromatic carbocycles. The number of hydrogen-bond donors (Lipinski definition) is 0. The van der Waals surface area contributed by atoms with Gasteiger partial charge < -0.3 is 4.90 Å². The Morgan fingerprint density at radius 3 is 1.32 bits per heavy atom. The van der Waals surface area contributed by atoms with Crippen LogP contribution in [0.3, 0.4) is 0 Å². The van der Waals surface area contributed by atoms with Crippen molar-refractivity contribution < 1.29 is 0 Å². The molecule has 5 aromatic rings. The fourth-order valence-electron chi connectivity index (χ4n) is 6.47. The number of rotatable bonds is 2. The van der Waals surface area contributed by atoms with Gasteiger partial charge in [-0.15, -0.1) is 0 Å². The van der Waals surface area contributed by atoms with E-state index < -0.39 is 0 Å². The summed E-state index contributed by atoms with van der Waals surface area (Å²) in [6.07, 6.45) is 0. The molecule has 2 aliphatic carbocycles. The molecule has 0 saturated carbocycles. The Hall–Kier alpha value is -4.10. The van der Waals surface area contributed by atoms with E-state index in [1.54, 1.807) is 0 Å². The summed E-state index contributed by atoms with van der Waals surface area (Å²) in [5.74, 6) is 0. The van der Waals surface area contributed by atoms with Gasteiger partial charge in [0.05, 0.1) is 5.41 Å². The number of nitrogens with zero attached hydrogens (tertiary/aromatic N) is 1. The van der Waals surface area contributed by atoms with Crippen molar-refractivity contribution in [1.82, 2.24) is 0 Å². The van der Waals surface area contributed by atoms with E-state index in [1.165, 1.54) is 61.3 Å². The van der Waals surface area contributed by atoms with E-state index in [1.807, 2.05) is 0 Å². The van der Waals surface area contributed by atoms with Crippen molar-refractivity contribution in [3.8, 4) is 33.4 Å². The molecule has 0 amide bonds. The van der Waals surface area contributed by atoms with Crippen molar-refractivity contribution in [3.05, 3.63) is 138 Å². The molecular formula is C33H25N. The molecular weight excluding hydrogens is 410 g/mol. The van der Waals surface area contributed by atoms with Gasteiger partial charge in [0, 0.05) is 25.3 Å². The number of benzene rings is 5. The molecule has 0 atom stereocenters. The van der Waals surface area contributed by atoms with E-state index in [9.17, 15) is 0 Å². The summed E-state index contributed by atoms with van der Waals surface area (Å²) in [6.45, 7) is 0. The van der Waals surface area contributed by atoms with E-state index in [0.717, 1.165) is 0 Å². The van der Waals surface area contributed by atoms with Gasteiger partial charge in [-0.2, -0.15) is 0 Å². The molecule has 0 aliphatic heterocycles. The van der Waals surface area contributed by atoms with Gasteiger partial charge in [-0.1, -0.05) is 109 Å². The van der Waals surface area contributed by atoms with Crippen molar-refractivity contribution >= 4 is 5.69 Å². The largest absolute Gasteiger partial charge is 0.377 e. The summed E-state index contributed by atoms with van der Waals surface area (Å²) < 4.78 is 0. The molecule has 162 valence electrons. The first-order valence-corrected chi connectivity index (χ1v) is 11.9. The molecule has 2 aliphatic rings. The molecule has 0 fully saturated rings. The quantitative estimate of drug-likeness (QED) is 0.268. The predicted molar refractivity (Wildman–Crippen MR) is 143 cm³/mol. The molecule has 7 rings (SSSR count). The highest BCUT2D eigenvalue weighted by atomic mass is 15.1. The van der Waals surface area contributed by atoms with Crippen LogP contribution in [0.1, 0.15) is 22.3 Å². The van der Waals surface area contributed by atoms with Crippen molar-refractivity contribution in [2.24, 2.45) is 0 Å². The van der Waals surface area contributed by atoms with Crippen LogP contribution < -0.4 is 4.90 Å². The summed E-state index contributed by atoms with van der Waals surface area (Å²) in [6, 6.07) is 42.7. The van der Waals surface area contributed by atoms with E-state index in [-0.39, 0.29) is 5.41 Å². The molecule has 0 saturated heterocycles. The second-order valence-corrected chi connectivity index (χ2v) is 9.53. The average Bonchev–Trinajstić information content (AvgIpc) is 3.36. The topological polar surface area (TPSA) is 3.24 Å². The summed E-state index contributed by atoms with van der Waals surface area (Å²) in [5, 5.41) is 0. The first kappa shape index (κ1) is 19.4. The Morgan fingerprint density at radius 1 is 0.412 bits per heavy atom. The van der Waals surface area contributed by atoms with Crippen LogP contribution in [0.25, 0.3) is 33.4 Å². The van der Waals surface area contributed by atoms with Gasteiger partial charge in [0.15, 0.2) is 0 Å². The van der Waals surface area contributed by atoms with Gasteiger partial charge in [0.2, 0.25) is 0 Å². The van der Waals surface area contributed by atoms with Crippen LogP contribution >= 0.6 is 0 Å². The molecule has 1 heteroatoms. The van der Waals surface area contributed by atoms with Crippen molar-refractivity contribution in [2.45, 2.75) is 5.41 Å². The van der Waals surface area contributed by atoms with Crippen molar-refractivity contribution in [1.29, 1.82) is 0 Å². The smallest absolute Gasteiger partial charge is 0.0731 e. The maximum absolute atomic E-state index is 2.34. The maximum atomic E-state index is 2.34. The molecule has 0 radical (unpaired) electrons.